The van der Waals surface area contributed by atoms with Crippen molar-refractivity contribution in [2.24, 2.45) is 0 Å². The molecule has 160 valence electrons. The summed E-state index contributed by atoms with van der Waals surface area (Å²) in [7, 11) is 0. The molecular formula is C24H30N2O4. The van der Waals surface area contributed by atoms with Crippen LogP contribution in [0.1, 0.15) is 30.0 Å². The van der Waals surface area contributed by atoms with Crippen molar-refractivity contribution in [3.8, 4) is 17.2 Å². The van der Waals surface area contributed by atoms with Crippen LogP contribution in [0.25, 0.3) is 0 Å². The summed E-state index contributed by atoms with van der Waals surface area (Å²) in [6, 6.07) is 12.1. The van der Waals surface area contributed by atoms with Gasteiger partial charge in [-0.3, -0.25) is 9.69 Å². The molecule has 2 aliphatic heterocycles. The zero-order chi connectivity index (χ0) is 21.1. The van der Waals surface area contributed by atoms with Crippen molar-refractivity contribution in [1.29, 1.82) is 0 Å². The van der Waals surface area contributed by atoms with E-state index in [9.17, 15) is 4.79 Å². The largest absolute Gasteiger partial charge is 0.481 e. The van der Waals surface area contributed by atoms with Gasteiger partial charge in [0.2, 0.25) is 6.79 Å². The lowest BCUT2D eigenvalue weighted by Gasteiger charge is -2.36. The molecule has 0 N–H and O–H groups in total. The molecule has 0 bridgehead atoms. The van der Waals surface area contributed by atoms with E-state index in [2.05, 4.69) is 24.8 Å². The number of carbonyl (C=O) groups excluding carboxylic acids is 1. The van der Waals surface area contributed by atoms with Crippen molar-refractivity contribution in [2.45, 2.75) is 39.8 Å². The standard InChI is InChI=1S/C24H30N2O4/c1-4-21(30-20-7-5-17(2)18(3)13-20)24(27)26-11-9-25(10-12-26)15-19-6-8-22-23(14-19)29-16-28-22/h5-8,13-14,21H,4,9-12,15-16H2,1-3H3/t21-/m1/s1. The van der Waals surface area contributed by atoms with Crippen LogP contribution in [0.5, 0.6) is 17.2 Å². The van der Waals surface area contributed by atoms with Gasteiger partial charge in [0.15, 0.2) is 17.6 Å². The lowest BCUT2D eigenvalue weighted by atomic mass is 10.1. The Kier molecular flexibility index (Phi) is 6.13. The number of hydrogen-bond acceptors (Lipinski definition) is 5. The molecule has 0 aromatic heterocycles. The summed E-state index contributed by atoms with van der Waals surface area (Å²) in [5.41, 5.74) is 3.59. The summed E-state index contributed by atoms with van der Waals surface area (Å²) >= 11 is 0. The first-order chi connectivity index (χ1) is 14.5. The predicted molar refractivity (Wildman–Crippen MR) is 115 cm³/mol. The quantitative estimate of drug-likeness (QED) is 0.729. The highest BCUT2D eigenvalue weighted by molar-refractivity contribution is 5.81. The minimum Gasteiger partial charge on any atom is -0.481 e. The highest BCUT2D eigenvalue weighted by atomic mass is 16.7. The molecule has 2 heterocycles. The van der Waals surface area contributed by atoms with Crippen LogP contribution in [-0.4, -0.2) is 54.8 Å². The molecule has 0 unspecified atom stereocenters. The highest BCUT2D eigenvalue weighted by Crippen LogP contribution is 2.32. The summed E-state index contributed by atoms with van der Waals surface area (Å²) in [5.74, 6) is 2.47. The van der Waals surface area contributed by atoms with Gasteiger partial charge in [0.25, 0.3) is 5.91 Å². The Balaban J connectivity index is 1.31. The summed E-state index contributed by atoms with van der Waals surface area (Å²) in [4.78, 5) is 17.3. The van der Waals surface area contributed by atoms with Crippen LogP contribution < -0.4 is 14.2 Å². The monoisotopic (exact) mass is 410 g/mol. The SMILES string of the molecule is CC[C@@H](Oc1ccc(C)c(C)c1)C(=O)N1CCN(Cc2ccc3c(c2)OCO3)CC1. The molecule has 0 saturated carbocycles. The number of hydrogen-bond donors (Lipinski definition) is 0. The van der Waals surface area contributed by atoms with Gasteiger partial charge in [-0.15, -0.1) is 0 Å². The maximum absolute atomic E-state index is 13.0. The molecule has 0 radical (unpaired) electrons. The van der Waals surface area contributed by atoms with Gasteiger partial charge in [0, 0.05) is 32.7 Å². The Morgan fingerprint density at radius 3 is 2.50 bits per heavy atom. The smallest absolute Gasteiger partial charge is 0.263 e. The molecule has 0 spiro atoms. The molecule has 1 amide bonds. The molecule has 2 aromatic rings. The molecule has 6 nitrogen and oxygen atoms in total. The number of benzene rings is 2. The fourth-order valence-electron chi connectivity index (χ4n) is 3.89. The molecule has 6 heteroatoms. The van der Waals surface area contributed by atoms with Gasteiger partial charge >= 0.3 is 0 Å². The van der Waals surface area contributed by atoms with Crippen molar-refractivity contribution in [2.75, 3.05) is 33.0 Å². The lowest BCUT2D eigenvalue weighted by Crippen LogP contribution is -2.52. The highest BCUT2D eigenvalue weighted by Gasteiger charge is 2.28. The Labute approximate surface area is 178 Å². The van der Waals surface area contributed by atoms with Crippen molar-refractivity contribution < 1.29 is 19.0 Å². The van der Waals surface area contributed by atoms with E-state index < -0.39 is 6.10 Å². The maximum Gasteiger partial charge on any atom is 0.263 e. The van der Waals surface area contributed by atoms with Crippen molar-refractivity contribution in [3.05, 3.63) is 53.1 Å². The Morgan fingerprint density at radius 1 is 1.00 bits per heavy atom. The second kappa shape index (κ2) is 8.96. The predicted octanol–water partition coefficient (Wildman–Crippen LogP) is 3.53. The van der Waals surface area contributed by atoms with Gasteiger partial charge in [-0.2, -0.15) is 0 Å². The molecule has 2 aliphatic rings. The molecule has 1 atom stereocenters. The van der Waals surface area contributed by atoms with E-state index in [4.69, 9.17) is 14.2 Å². The first-order valence-electron chi connectivity index (χ1n) is 10.7. The fraction of sp³-hybridized carbons (Fsp3) is 0.458. The average molecular weight is 411 g/mol. The van der Waals surface area contributed by atoms with E-state index in [1.54, 1.807) is 0 Å². The van der Waals surface area contributed by atoms with E-state index in [0.717, 1.165) is 50.0 Å². The molecule has 0 aliphatic carbocycles. The zero-order valence-corrected chi connectivity index (χ0v) is 18.0. The third kappa shape index (κ3) is 4.54. The van der Waals surface area contributed by atoms with Crippen LogP contribution in [-0.2, 0) is 11.3 Å². The van der Waals surface area contributed by atoms with Gasteiger partial charge in [0.05, 0.1) is 0 Å². The van der Waals surface area contributed by atoms with Crippen LogP contribution in [0, 0.1) is 13.8 Å². The molecule has 4 rings (SSSR count). The van der Waals surface area contributed by atoms with Crippen molar-refractivity contribution in [1.82, 2.24) is 9.80 Å². The van der Waals surface area contributed by atoms with Crippen LogP contribution in [0.3, 0.4) is 0 Å². The molecule has 2 aromatic carbocycles. The third-order valence-corrected chi connectivity index (χ3v) is 5.93. The van der Waals surface area contributed by atoms with E-state index >= 15 is 0 Å². The Bertz CT molecular complexity index is 906. The topological polar surface area (TPSA) is 51.2 Å². The minimum absolute atomic E-state index is 0.0819. The van der Waals surface area contributed by atoms with Gasteiger partial charge in [-0.25, -0.2) is 0 Å². The lowest BCUT2D eigenvalue weighted by molar-refractivity contribution is -0.140. The van der Waals surface area contributed by atoms with Gasteiger partial charge in [-0.05, 0) is 61.2 Å². The van der Waals surface area contributed by atoms with Crippen LogP contribution in [0.4, 0.5) is 0 Å². The summed E-state index contributed by atoms with van der Waals surface area (Å²) in [5, 5.41) is 0. The average Bonchev–Trinajstić information content (AvgIpc) is 3.22. The molecular weight excluding hydrogens is 380 g/mol. The van der Waals surface area contributed by atoms with Crippen molar-refractivity contribution in [3.63, 3.8) is 0 Å². The fourth-order valence-corrected chi connectivity index (χ4v) is 3.89. The molecule has 1 saturated heterocycles. The van der Waals surface area contributed by atoms with Crippen molar-refractivity contribution >= 4 is 5.91 Å². The Morgan fingerprint density at radius 2 is 1.77 bits per heavy atom. The normalized spacial score (nSPS) is 17.1. The summed E-state index contributed by atoms with van der Waals surface area (Å²) in [6.45, 7) is 10.4. The summed E-state index contributed by atoms with van der Waals surface area (Å²) in [6.07, 6.45) is 0.218. The zero-order valence-electron chi connectivity index (χ0n) is 18.0. The number of carbonyl (C=O) groups is 1. The van der Waals surface area contributed by atoms with Gasteiger partial charge in [-0.1, -0.05) is 19.1 Å². The van der Waals surface area contributed by atoms with Crippen LogP contribution >= 0.6 is 0 Å². The number of fused-ring (bicyclic) bond motifs is 1. The Hall–Kier alpha value is -2.73. The second-order valence-electron chi connectivity index (χ2n) is 8.05. The minimum atomic E-state index is -0.437. The number of aryl methyl sites for hydroxylation is 2. The second-order valence-corrected chi connectivity index (χ2v) is 8.05. The maximum atomic E-state index is 13.0. The first-order valence-corrected chi connectivity index (χ1v) is 10.7. The number of ether oxygens (including phenoxy) is 3. The van der Waals surface area contributed by atoms with Crippen LogP contribution in [0.15, 0.2) is 36.4 Å². The summed E-state index contributed by atoms with van der Waals surface area (Å²) < 4.78 is 16.9. The van der Waals surface area contributed by atoms with E-state index in [1.807, 2.05) is 42.2 Å². The first kappa shape index (κ1) is 20.5. The van der Waals surface area contributed by atoms with E-state index in [-0.39, 0.29) is 5.91 Å². The van der Waals surface area contributed by atoms with Gasteiger partial charge in [0.1, 0.15) is 5.75 Å². The number of piperazine rings is 1. The molecule has 1 fully saturated rings. The van der Waals surface area contributed by atoms with Crippen LogP contribution in [0.2, 0.25) is 0 Å². The third-order valence-electron chi connectivity index (χ3n) is 5.93. The number of nitrogens with zero attached hydrogens (tertiary/aromatic N) is 2. The number of amides is 1. The van der Waals surface area contributed by atoms with Gasteiger partial charge < -0.3 is 19.1 Å². The van der Waals surface area contributed by atoms with E-state index in [0.29, 0.717) is 13.2 Å². The molecule has 30 heavy (non-hydrogen) atoms. The number of rotatable bonds is 6. The van der Waals surface area contributed by atoms with E-state index in [1.165, 1.54) is 16.7 Å².